The lowest BCUT2D eigenvalue weighted by atomic mass is 9.84. The highest BCUT2D eigenvalue weighted by molar-refractivity contribution is 7.11. The molecular formula is C15H26N2S. The van der Waals surface area contributed by atoms with Crippen molar-refractivity contribution in [3.05, 3.63) is 15.6 Å². The van der Waals surface area contributed by atoms with E-state index in [1.165, 1.54) is 54.1 Å². The summed E-state index contributed by atoms with van der Waals surface area (Å²) in [6.07, 6.45) is 8.48. The minimum Gasteiger partial charge on any atom is -0.309 e. The Morgan fingerprint density at radius 1 is 1.28 bits per heavy atom. The highest BCUT2D eigenvalue weighted by atomic mass is 32.1. The highest BCUT2D eigenvalue weighted by Gasteiger charge is 2.22. The van der Waals surface area contributed by atoms with Crippen LogP contribution in [0.3, 0.4) is 0 Å². The van der Waals surface area contributed by atoms with Crippen molar-refractivity contribution in [2.24, 2.45) is 5.92 Å². The summed E-state index contributed by atoms with van der Waals surface area (Å²) >= 11 is 1.88. The first-order valence-corrected chi connectivity index (χ1v) is 8.19. The van der Waals surface area contributed by atoms with Gasteiger partial charge in [-0.3, -0.25) is 0 Å². The van der Waals surface area contributed by atoms with Gasteiger partial charge in [0.1, 0.15) is 0 Å². The number of aryl methyl sites for hydroxylation is 2. The van der Waals surface area contributed by atoms with E-state index in [9.17, 15) is 0 Å². The molecule has 1 fully saturated rings. The third kappa shape index (κ3) is 3.55. The van der Waals surface area contributed by atoms with E-state index in [4.69, 9.17) is 0 Å². The first kappa shape index (κ1) is 14.0. The van der Waals surface area contributed by atoms with Crippen molar-refractivity contribution in [3.63, 3.8) is 0 Å². The highest BCUT2D eigenvalue weighted by Crippen LogP contribution is 2.34. The fraction of sp³-hybridized carbons (Fsp3) is 0.800. The van der Waals surface area contributed by atoms with Crippen molar-refractivity contribution >= 4 is 11.3 Å². The first-order valence-electron chi connectivity index (χ1n) is 7.38. The second-order valence-electron chi connectivity index (χ2n) is 5.53. The monoisotopic (exact) mass is 266 g/mol. The van der Waals surface area contributed by atoms with Crippen LogP contribution in [0.4, 0.5) is 0 Å². The van der Waals surface area contributed by atoms with Gasteiger partial charge in [-0.2, -0.15) is 0 Å². The molecule has 1 saturated carbocycles. The summed E-state index contributed by atoms with van der Waals surface area (Å²) in [5, 5.41) is 4.87. The summed E-state index contributed by atoms with van der Waals surface area (Å²) in [4.78, 5) is 6.06. The fourth-order valence-corrected chi connectivity index (χ4v) is 4.17. The van der Waals surface area contributed by atoms with Gasteiger partial charge in [0.05, 0.1) is 10.7 Å². The molecule has 2 nitrogen and oxygen atoms in total. The largest absolute Gasteiger partial charge is 0.309 e. The molecular weight excluding hydrogens is 240 g/mol. The molecule has 1 aromatic rings. The maximum atomic E-state index is 4.59. The standard InChI is InChI=1S/C15H26N2S/c1-4-16-14(10-13-8-6-5-7-9-13)15-11(2)17-12(3)18-15/h13-14,16H,4-10H2,1-3H3. The Morgan fingerprint density at radius 2 is 2.00 bits per heavy atom. The van der Waals surface area contributed by atoms with E-state index in [0.717, 1.165) is 12.5 Å². The summed E-state index contributed by atoms with van der Waals surface area (Å²) in [5.41, 5.74) is 1.24. The molecule has 2 rings (SSSR count). The predicted molar refractivity (Wildman–Crippen MR) is 79.2 cm³/mol. The molecule has 1 aliphatic carbocycles. The van der Waals surface area contributed by atoms with Crippen LogP contribution in [0.15, 0.2) is 0 Å². The summed E-state index contributed by atoms with van der Waals surface area (Å²) in [7, 11) is 0. The summed E-state index contributed by atoms with van der Waals surface area (Å²) < 4.78 is 0. The van der Waals surface area contributed by atoms with E-state index >= 15 is 0 Å². The van der Waals surface area contributed by atoms with Crippen LogP contribution in [-0.4, -0.2) is 11.5 Å². The molecule has 102 valence electrons. The van der Waals surface area contributed by atoms with Crippen molar-refractivity contribution in [2.45, 2.75) is 65.3 Å². The van der Waals surface area contributed by atoms with Crippen LogP contribution in [0.5, 0.6) is 0 Å². The average molecular weight is 266 g/mol. The van der Waals surface area contributed by atoms with Gasteiger partial charge in [0, 0.05) is 10.9 Å². The zero-order chi connectivity index (χ0) is 13.0. The van der Waals surface area contributed by atoms with Crippen molar-refractivity contribution < 1.29 is 0 Å². The molecule has 0 radical (unpaired) electrons. The number of hydrogen-bond acceptors (Lipinski definition) is 3. The number of nitrogens with one attached hydrogen (secondary N) is 1. The minimum atomic E-state index is 0.532. The SMILES string of the molecule is CCNC(CC1CCCCC1)c1sc(C)nc1C. The number of nitrogens with zero attached hydrogens (tertiary/aromatic N) is 1. The third-order valence-corrected chi connectivity index (χ3v) is 5.19. The Morgan fingerprint density at radius 3 is 2.56 bits per heavy atom. The van der Waals surface area contributed by atoms with Gasteiger partial charge in [0.2, 0.25) is 0 Å². The van der Waals surface area contributed by atoms with Gasteiger partial charge in [0.15, 0.2) is 0 Å². The van der Waals surface area contributed by atoms with Gasteiger partial charge in [0.25, 0.3) is 0 Å². The quantitative estimate of drug-likeness (QED) is 0.855. The van der Waals surface area contributed by atoms with Crippen LogP contribution < -0.4 is 5.32 Å². The van der Waals surface area contributed by atoms with E-state index in [2.05, 4.69) is 31.1 Å². The van der Waals surface area contributed by atoms with Gasteiger partial charge in [-0.15, -0.1) is 11.3 Å². The maximum Gasteiger partial charge on any atom is 0.0900 e. The predicted octanol–water partition coefficient (Wildman–Crippen LogP) is 4.38. The molecule has 1 heterocycles. The topological polar surface area (TPSA) is 24.9 Å². The van der Waals surface area contributed by atoms with Gasteiger partial charge in [-0.05, 0) is 32.7 Å². The lowest BCUT2D eigenvalue weighted by Gasteiger charge is -2.26. The first-order chi connectivity index (χ1) is 8.70. The Bertz CT molecular complexity index is 367. The molecule has 1 aliphatic rings. The van der Waals surface area contributed by atoms with E-state index in [0.29, 0.717) is 6.04 Å². The molecule has 1 unspecified atom stereocenters. The molecule has 1 aromatic heterocycles. The molecule has 0 saturated heterocycles. The van der Waals surface area contributed by atoms with E-state index in [-0.39, 0.29) is 0 Å². The van der Waals surface area contributed by atoms with Gasteiger partial charge in [-0.1, -0.05) is 39.0 Å². The van der Waals surface area contributed by atoms with E-state index in [1.54, 1.807) is 0 Å². The average Bonchev–Trinajstić information content (AvgIpc) is 2.69. The van der Waals surface area contributed by atoms with Crippen molar-refractivity contribution in [1.29, 1.82) is 0 Å². The Labute approximate surface area is 115 Å². The van der Waals surface area contributed by atoms with Crippen LogP contribution in [0.2, 0.25) is 0 Å². The minimum absolute atomic E-state index is 0.532. The van der Waals surface area contributed by atoms with E-state index in [1.807, 2.05) is 11.3 Å². The van der Waals surface area contributed by atoms with Crippen LogP contribution in [0, 0.1) is 19.8 Å². The Balaban J connectivity index is 2.04. The number of aromatic nitrogens is 1. The van der Waals surface area contributed by atoms with Crippen LogP contribution in [0.1, 0.15) is 67.1 Å². The molecule has 0 amide bonds. The Kier molecular flexibility index (Phi) is 5.19. The molecule has 1 N–H and O–H groups in total. The van der Waals surface area contributed by atoms with Crippen molar-refractivity contribution in [2.75, 3.05) is 6.54 Å². The van der Waals surface area contributed by atoms with Crippen LogP contribution in [0.25, 0.3) is 0 Å². The van der Waals surface area contributed by atoms with Crippen molar-refractivity contribution in [3.8, 4) is 0 Å². The molecule has 1 atom stereocenters. The molecule has 0 aliphatic heterocycles. The van der Waals surface area contributed by atoms with E-state index < -0.39 is 0 Å². The van der Waals surface area contributed by atoms with Gasteiger partial charge in [-0.25, -0.2) is 4.98 Å². The molecule has 18 heavy (non-hydrogen) atoms. The molecule has 3 heteroatoms. The number of thiazole rings is 1. The number of rotatable bonds is 5. The number of hydrogen-bond donors (Lipinski definition) is 1. The third-order valence-electron chi connectivity index (χ3n) is 4.00. The molecule has 0 bridgehead atoms. The molecule has 0 aromatic carbocycles. The van der Waals surface area contributed by atoms with Crippen LogP contribution in [-0.2, 0) is 0 Å². The summed E-state index contributed by atoms with van der Waals surface area (Å²) in [6.45, 7) is 7.53. The smallest absolute Gasteiger partial charge is 0.0900 e. The van der Waals surface area contributed by atoms with Gasteiger partial charge >= 0.3 is 0 Å². The summed E-state index contributed by atoms with van der Waals surface area (Å²) in [6, 6.07) is 0.532. The maximum absolute atomic E-state index is 4.59. The lowest BCUT2D eigenvalue weighted by Crippen LogP contribution is -2.24. The van der Waals surface area contributed by atoms with Crippen LogP contribution >= 0.6 is 11.3 Å². The second-order valence-corrected chi connectivity index (χ2v) is 6.77. The molecule has 0 spiro atoms. The summed E-state index contributed by atoms with van der Waals surface area (Å²) in [5.74, 6) is 0.921. The zero-order valence-corrected chi connectivity index (χ0v) is 12.8. The normalized spacial score (nSPS) is 19.1. The van der Waals surface area contributed by atoms with Crippen molar-refractivity contribution in [1.82, 2.24) is 10.3 Å². The van der Waals surface area contributed by atoms with Gasteiger partial charge < -0.3 is 5.32 Å². The lowest BCUT2D eigenvalue weighted by molar-refractivity contribution is 0.303. The zero-order valence-electron chi connectivity index (χ0n) is 12.0. The fourth-order valence-electron chi connectivity index (χ4n) is 3.16. The Hall–Kier alpha value is -0.410. The second kappa shape index (κ2) is 6.67.